The molecule has 0 spiro atoms. The minimum absolute atomic E-state index is 0.0801. The molecule has 0 saturated heterocycles. The SMILES string of the molecule is Cc1ccc(F)cc1OCc1cc(F)cc(C#N)c1. The minimum atomic E-state index is -0.492. The van der Waals surface area contributed by atoms with E-state index in [0.29, 0.717) is 11.3 Å². The van der Waals surface area contributed by atoms with Gasteiger partial charge >= 0.3 is 0 Å². The summed E-state index contributed by atoms with van der Waals surface area (Å²) in [7, 11) is 0. The van der Waals surface area contributed by atoms with Gasteiger partial charge in [-0.05, 0) is 42.3 Å². The molecule has 0 saturated carbocycles. The lowest BCUT2D eigenvalue weighted by Crippen LogP contribution is -1.99. The molecule has 96 valence electrons. The topological polar surface area (TPSA) is 33.0 Å². The Morgan fingerprint density at radius 2 is 1.89 bits per heavy atom. The molecule has 0 radical (unpaired) electrons. The van der Waals surface area contributed by atoms with E-state index in [-0.39, 0.29) is 12.2 Å². The zero-order valence-electron chi connectivity index (χ0n) is 10.3. The molecular weight excluding hydrogens is 248 g/mol. The fraction of sp³-hybridized carbons (Fsp3) is 0.133. The first-order valence-corrected chi connectivity index (χ1v) is 5.67. The summed E-state index contributed by atoms with van der Waals surface area (Å²) in [4.78, 5) is 0. The van der Waals surface area contributed by atoms with Crippen LogP contribution in [-0.4, -0.2) is 0 Å². The van der Waals surface area contributed by atoms with Crippen molar-refractivity contribution in [1.82, 2.24) is 0 Å². The normalized spacial score (nSPS) is 10.0. The average Bonchev–Trinajstić information content (AvgIpc) is 2.39. The van der Waals surface area contributed by atoms with E-state index in [1.807, 2.05) is 6.07 Å². The van der Waals surface area contributed by atoms with Gasteiger partial charge in [0, 0.05) is 6.07 Å². The third-order valence-corrected chi connectivity index (χ3v) is 2.63. The van der Waals surface area contributed by atoms with Crippen molar-refractivity contribution in [1.29, 1.82) is 5.26 Å². The molecule has 2 rings (SSSR count). The van der Waals surface area contributed by atoms with Crippen molar-refractivity contribution in [2.24, 2.45) is 0 Å². The lowest BCUT2D eigenvalue weighted by molar-refractivity contribution is 0.302. The fourth-order valence-electron chi connectivity index (χ4n) is 1.69. The number of hydrogen-bond donors (Lipinski definition) is 0. The smallest absolute Gasteiger partial charge is 0.126 e. The van der Waals surface area contributed by atoms with E-state index in [1.54, 1.807) is 13.0 Å². The Kier molecular flexibility index (Phi) is 3.76. The van der Waals surface area contributed by atoms with Crippen LogP contribution in [0.1, 0.15) is 16.7 Å². The van der Waals surface area contributed by atoms with Gasteiger partial charge in [0.2, 0.25) is 0 Å². The molecule has 0 atom stereocenters. The second-order valence-corrected chi connectivity index (χ2v) is 4.16. The van der Waals surface area contributed by atoms with Crippen molar-refractivity contribution in [3.05, 3.63) is 64.7 Å². The van der Waals surface area contributed by atoms with Gasteiger partial charge in [0.1, 0.15) is 24.0 Å². The molecule has 0 aliphatic carbocycles. The molecule has 0 aromatic heterocycles. The summed E-state index contributed by atoms with van der Waals surface area (Å²) in [5.74, 6) is -0.478. The van der Waals surface area contributed by atoms with E-state index < -0.39 is 11.6 Å². The number of ether oxygens (including phenoxy) is 1. The average molecular weight is 259 g/mol. The van der Waals surface area contributed by atoms with E-state index in [2.05, 4.69) is 0 Å². The van der Waals surface area contributed by atoms with Gasteiger partial charge in [-0.2, -0.15) is 5.26 Å². The van der Waals surface area contributed by atoms with Crippen molar-refractivity contribution in [3.8, 4) is 11.8 Å². The Balaban J connectivity index is 2.17. The Bertz CT molecular complexity index is 647. The van der Waals surface area contributed by atoms with E-state index >= 15 is 0 Å². The van der Waals surface area contributed by atoms with Crippen molar-refractivity contribution >= 4 is 0 Å². The fourth-order valence-corrected chi connectivity index (χ4v) is 1.69. The van der Waals surface area contributed by atoms with Crippen molar-refractivity contribution < 1.29 is 13.5 Å². The summed E-state index contributed by atoms with van der Waals surface area (Å²) >= 11 is 0. The van der Waals surface area contributed by atoms with Crippen LogP contribution < -0.4 is 4.74 Å². The molecule has 0 aliphatic rings. The number of nitriles is 1. The first kappa shape index (κ1) is 13.0. The number of halogens is 2. The highest BCUT2D eigenvalue weighted by molar-refractivity contribution is 5.35. The van der Waals surface area contributed by atoms with Crippen LogP contribution in [0.25, 0.3) is 0 Å². The Morgan fingerprint density at radius 3 is 2.63 bits per heavy atom. The molecular formula is C15H11F2NO. The first-order chi connectivity index (χ1) is 9.08. The molecule has 2 aromatic rings. The Morgan fingerprint density at radius 1 is 1.11 bits per heavy atom. The summed E-state index contributed by atoms with van der Waals surface area (Å²) in [6.45, 7) is 1.87. The van der Waals surface area contributed by atoms with E-state index in [9.17, 15) is 8.78 Å². The molecule has 0 aliphatic heterocycles. The third-order valence-electron chi connectivity index (χ3n) is 2.63. The second kappa shape index (κ2) is 5.49. The van der Waals surface area contributed by atoms with Gasteiger partial charge in [0.05, 0.1) is 11.6 Å². The summed E-state index contributed by atoms with van der Waals surface area (Å²) in [5, 5.41) is 8.75. The zero-order chi connectivity index (χ0) is 13.8. The van der Waals surface area contributed by atoms with Gasteiger partial charge in [0.15, 0.2) is 0 Å². The maximum atomic E-state index is 13.2. The molecule has 0 bridgehead atoms. The van der Waals surface area contributed by atoms with Crippen LogP contribution in [0.3, 0.4) is 0 Å². The van der Waals surface area contributed by atoms with Crippen LogP contribution in [0.4, 0.5) is 8.78 Å². The van der Waals surface area contributed by atoms with Crippen molar-refractivity contribution in [2.75, 3.05) is 0 Å². The van der Waals surface area contributed by atoms with Crippen LogP contribution in [0.2, 0.25) is 0 Å². The van der Waals surface area contributed by atoms with E-state index in [0.717, 1.165) is 11.6 Å². The van der Waals surface area contributed by atoms with E-state index in [4.69, 9.17) is 10.00 Å². The van der Waals surface area contributed by atoms with Crippen LogP contribution >= 0.6 is 0 Å². The number of nitrogens with zero attached hydrogens (tertiary/aromatic N) is 1. The molecule has 0 N–H and O–H groups in total. The van der Waals surface area contributed by atoms with Crippen LogP contribution in [0, 0.1) is 29.9 Å². The van der Waals surface area contributed by atoms with Crippen molar-refractivity contribution in [3.63, 3.8) is 0 Å². The monoisotopic (exact) mass is 259 g/mol. The Labute approximate surface area is 109 Å². The van der Waals surface area contributed by atoms with Gasteiger partial charge in [-0.1, -0.05) is 6.07 Å². The van der Waals surface area contributed by atoms with E-state index in [1.165, 1.54) is 24.3 Å². The number of benzene rings is 2. The molecule has 0 heterocycles. The van der Waals surface area contributed by atoms with Gasteiger partial charge in [-0.25, -0.2) is 8.78 Å². The maximum Gasteiger partial charge on any atom is 0.126 e. The first-order valence-electron chi connectivity index (χ1n) is 5.67. The third kappa shape index (κ3) is 3.29. The minimum Gasteiger partial charge on any atom is -0.489 e. The zero-order valence-corrected chi connectivity index (χ0v) is 10.3. The molecule has 4 heteroatoms. The largest absolute Gasteiger partial charge is 0.489 e. The summed E-state index contributed by atoms with van der Waals surface area (Å²) < 4.78 is 31.7. The summed E-state index contributed by atoms with van der Waals surface area (Å²) in [6, 6.07) is 10.1. The molecule has 0 fully saturated rings. The van der Waals surface area contributed by atoms with Crippen LogP contribution in [0.15, 0.2) is 36.4 Å². The molecule has 0 amide bonds. The predicted molar refractivity (Wildman–Crippen MR) is 66.6 cm³/mol. The highest BCUT2D eigenvalue weighted by atomic mass is 19.1. The highest BCUT2D eigenvalue weighted by Gasteiger charge is 2.04. The van der Waals surface area contributed by atoms with Crippen LogP contribution in [0.5, 0.6) is 5.75 Å². The molecule has 2 nitrogen and oxygen atoms in total. The quantitative estimate of drug-likeness (QED) is 0.841. The van der Waals surface area contributed by atoms with Crippen molar-refractivity contribution in [2.45, 2.75) is 13.5 Å². The number of aryl methyl sites for hydroxylation is 1. The summed E-state index contributed by atoms with van der Waals surface area (Å²) in [6.07, 6.45) is 0. The van der Waals surface area contributed by atoms with Crippen LogP contribution in [-0.2, 0) is 6.61 Å². The molecule has 0 unspecified atom stereocenters. The Hall–Kier alpha value is -2.41. The lowest BCUT2D eigenvalue weighted by Gasteiger charge is -2.09. The highest BCUT2D eigenvalue weighted by Crippen LogP contribution is 2.20. The standard InChI is InChI=1S/C15H11F2NO/c1-10-2-3-13(16)7-15(10)19-9-12-4-11(8-18)5-14(17)6-12/h2-7H,9H2,1H3. The molecule has 19 heavy (non-hydrogen) atoms. The lowest BCUT2D eigenvalue weighted by atomic mass is 10.1. The second-order valence-electron chi connectivity index (χ2n) is 4.16. The maximum absolute atomic E-state index is 13.2. The summed E-state index contributed by atoms with van der Waals surface area (Å²) in [5.41, 5.74) is 1.55. The van der Waals surface area contributed by atoms with Gasteiger partial charge < -0.3 is 4.74 Å². The van der Waals surface area contributed by atoms with Gasteiger partial charge in [0.25, 0.3) is 0 Å². The molecule has 2 aromatic carbocycles. The number of hydrogen-bond acceptors (Lipinski definition) is 2. The van der Waals surface area contributed by atoms with Gasteiger partial charge in [-0.15, -0.1) is 0 Å². The predicted octanol–water partition coefficient (Wildman–Crippen LogP) is 3.72. The number of rotatable bonds is 3. The van der Waals surface area contributed by atoms with Gasteiger partial charge in [-0.3, -0.25) is 0 Å².